The number of carbonyl (C=O) groups excluding carboxylic acids is 1. The maximum absolute atomic E-state index is 12.6. The Bertz CT molecular complexity index is 785. The van der Waals surface area contributed by atoms with Gasteiger partial charge in [-0.05, 0) is 42.5 Å². The third-order valence-corrected chi connectivity index (χ3v) is 5.63. The van der Waals surface area contributed by atoms with E-state index in [-0.39, 0.29) is 12.5 Å². The van der Waals surface area contributed by atoms with E-state index in [1.807, 2.05) is 35.4 Å². The quantitative estimate of drug-likeness (QED) is 0.735. The molecule has 5 nitrogen and oxygen atoms in total. The summed E-state index contributed by atoms with van der Waals surface area (Å²) >= 11 is 0. The van der Waals surface area contributed by atoms with Crippen molar-refractivity contribution in [2.45, 2.75) is 39.7 Å². The summed E-state index contributed by atoms with van der Waals surface area (Å²) in [6.45, 7) is 10.6. The summed E-state index contributed by atoms with van der Waals surface area (Å²) in [7, 11) is 0. The van der Waals surface area contributed by atoms with E-state index in [0.717, 1.165) is 50.6 Å². The lowest BCUT2D eigenvalue weighted by Crippen LogP contribution is -2.49. The minimum atomic E-state index is 0.0626. The Kier molecular flexibility index (Phi) is 7.04. The summed E-state index contributed by atoms with van der Waals surface area (Å²) in [6.07, 6.45) is 2.89. The lowest BCUT2D eigenvalue weighted by atomic mass is 9.98. The molecular weight excluding hydrogens is 350 g/mol. The zero-order valence-electron chi connectivity index (χ0n) is 17.2. The molecule has 28 heavy (non-hydrogen) atoms. The molecule has 1 aromatic heterocycles. The molecule has 0 bridgehead atoms. The SMILES string of the molecule is CCC(C)c1ccccc1OCC(=O)N1CCN(Cc2ncccc2C)CC1. The van der Waals surface area contributed by atoms with Gasteiger partial charge in [-0.2, -0.15) is 0 Å². The molecule has 5 heteroatoms. The molecule has 0 aliphatic carbocycles. The smallest absolute Gasteiger partial charge is 0.260 e. The Morgan fingerprint density at radius 3 is 2.61 bits per heavy atom. The van der Waals surface area contributed by atoms with E-state index in [9.17, 15) is 4.79 Å². The molecule has 0 N–H and O–H groups in total. The van der Waals surface area contributed by atoms with Crippen LogP contribution < -0.4 is 4.74 Å². The molecule has 0 spiro atoms. The topological polar surface area (TPSA) is 45.7 Å². The molecule has 3 rings (SSSR count). The molecule has 1 aliphatic rings. The Morgan fingerprint density at radius 1 is 1.14 bits per heavy atom. The Morgan fingerprint density at radius 2 is 1.89 bits per heavy atom. The van der Waals surface area contributed by atoms with Gasteiger partial charge in [-0.25, -0.2) is 0 Å². The zero-order chi connectivity index (χ0) is 19.9. The van der Waals surface area contributed by atoms with Crippen molar-refractivity contribution in [3.05, 3.63) is 59.4 Å². The lowest BCUT2D eigenvalue weighted by Gasteiger charge is -2.34. The van der Waals surface area contributed by atoms with Crippen LogP contribution in [-0.4, -0.2) is 53.5 Å². The molecule has 0 radical (unpaired) electrons. The number of rotatable bonds is 7. The van der Waals surface area contributed by atoms with Crippen LogP contribution in [0.25, 0.3) is 0 Å². The van der Waals surface area contributed by atoms with Gasteiger partial charge in [0.15, 0.2) is 6.61 Å². The Labute approximate surface area is 168 Å². The zero-order valence-corrected chi connectivity index (χ0v) is 17.2. The van der Waals surface area contributed by atoms with Crippen LogP contribution in [-0.2, 0) is 11.3 Å². The number of para-hydroxylation sites is 1. The van der Waals surface area contributed by atoms with Crippen LogP contribution in [0, 0.1) is 6.92 Å². The van der Waals surface area contributed by atoms with Crippen LogP contribution in [0.1, 0.15) is 43.0 Å². The van der Waals surface area contributed by atoms with Crippen molar-refractivity contribution in [3.8, 4) is 5.75 Å². The van der Waals surface area contributed by atoms with Gasteiger partial charge in [0.2, 0.25) is 0 Å². The highest BCUT2D eigenvalue weighted by molar-refractivity contribution is 5.78. The second-order valence-corrected chi connectivity index (χ2v) is 7.56. The third kappa shape index (κ3) is 5.10. The van der Waals surface area contributed by atoms with Gasteiger partial charge in [0.05, 0.1) is 5.69 Å². The maximum atomic E-state index is 12.6. The van der Waals surface area contributed by atoms with Crippen molar-refractivity contribution < 1.29 is 9.53 Å². The predicted octanol–water partition coefficient (Wildman–Crippen LogP) is 3.63. The molecule has 2 heterocycles. The average Bonchev–Trinajstić information content (AvgIpc) is 2.74. The van der Waals surface area contributed by atoms with Crippen LogP contribution in [0.3, 0.4) is 0 Å². The highest BCUT2D eigenvalue weighted by atomic mass is 16.5. The average molecular weight is 382 g/mol. The fourth-order valence-corrected chi connectivity index (χ4v) is 3.52. The summed E-state index contributed by atoms with van der Waals surface area (Å²) < 4.78 is 5.90. The summed E-state index contributed by atoms with van der Waals surface area (Å²) in [4.78, 5) is 21.4. The van der Waals surface area contributed by atoms with Crippen molar-refractivity contribution in [2.75, 3.05) is 32.8 Å². The summed E-state index contributed by atoms with van der Waals surface area (Å²) in [6, 6.07) is 12.1. The monoisotopic (exact) mass is 381 g/mol. The first kappa shape index (κ1) is 20.3. The maximum Gasteiger partial charge on any atom is 0.260 e. The van der Waals surface area contributed by atoms with Gasteiger partial charge in [-0.3, -0.25) is 14.7 Å². The van der Waals surface area contributed by atoms with Gasteiger partial charge in [-0.1, -0.05) is 38.1 Å². The number of carbonyl (C=O) groups is 1. The second-order valence-electron chi connectivity index (χ2n) is 7.56. The molecule has 1 unspecified atom stereocenters. The first-order chi connectivity index (χ1) is 13.6. The standard InChI is InChI=1S/C23H31N3O2/c1-4-18(2)20-9-5-6-10-22(20)28-17-23(27)26-14-12-25(13-15-26)16-21-19(3)8-7-11-24-21/h5-11,18H,4,12-17H2,1-3H3. The predicted molar refractivity (Wildman–Crippen MR) is 111 cm³/mol. The third-order valence-electron chi connectivity index (χ3n) is 5.63. The second kappa shape index (κ2) is 9.69. The first-order valence-electron chi connectivity index (χ1n) is 10.2. The highest BCUT2D eigenvalue weighted by Gasteiger charge is 2.22. The summed E-state index contributed by atoms with van der Waals surface area (Å²) in [5.74, 6) is 1.31. The van der Waals surface area contributed by atoms with Gasteiger partial charge in [0.1, 0.15) is 5.75 Å². The van der Waals surface area contributed by atoms with E-state index in [0.29, 0.717) is 5.92 Å². The molecular formula is C23H31N3O2. The largest absolute Gasteiger partial charge is 0.483 e. The van der Waals surface area contributed by atoms with Crippen LogP contribution >= 0.6 is 0 Å². The minimum absolute atomic E-state index is 0.0626. The number of ether oxygens (including phenoxy) is 1. The molecule has 1 saturated heterocycles. The number of hydrogen-bond donors (Lipinski definition) is 0. The minimum Gasteiger partial charge on any atom is -0.483 e. The van der Waals surface area contributed by atoms with Gasteiger partial charge in [0.25, 0.3) is 5.91 Å². The van der Waals surface area contributed by atoms with Crippen LogP contribution in [0.4, 0.5) is 0 Å². The highest BCUT2D eigenvalue weighted by Crippen LogP contribution is 2.28. The van der Waals surface area contributed by atoms with Crippen molar-refractivity contribution in [1.29, 1.82) is 0 Å². The summed E-state index contributed by atoms with van der Waals surface area (Å²) in [5, 5.41) is 0. The first-order valence-corrected chi connectivity index (χ1v) is 10.2. The van der Waals surface area contributed by atoms with Crippen LogP contribution in [0.2, 0.25) is 0 Å². The van der Waals surface area contributed by atoms with E-state index < -0.39 is 0 Å². The van der Waals surface area contributed by atoms with Crippen molar-refractivity contribution in [1.82, 2.24) is 14.8 Å². The molecule has 1 atom stereocenters. The van der Waals surface area contributed by atoms with E-state index in [1.165, 1.54) is 11.1 Å². The van der Waals surface area contributed by atoms with Crippen LogP contribution in [0.5, 0.6) is 5.75 Å². The fourth-order valence-electron chi connectivity index (χ4n) is 3.52. The molecule has 2 aromatic rings. The molecule has 1 amide bonds. The van der Waals surface area contributed by atoms with Crippen molar-refractivity contribution >= 4 is 5.91 Å². The number of nitrogens with zero attached hydrogens (tertiary/aromatic N) is 3. The Hall–Kier alpha value is -2.40. The number of piperazine rings is 1. The van der Waals surface area contributed by atoms with Gasteiger partial charge in [0, 0.05) is 38.9 Å². The van der Waals surface area contributed by atoms with E-state index in [4.69, 9.17) is 4.74 Å². The number of pyridine rings is 1. The van der Waals surface area contributed by atoms with Crippen molar-refractivity contribution in [2.24, 2.45) is 0 Å². The number of amides is 1. The summed E-state index contributed by atoms with van der Waals surface area (Å²) in [5.41, 5.74) is 3.51. The van der Waals surface area contributed by atoms with E-state index in [1.54, 1.807) is 0 Å². The van der Waals surface area contributed by atoms with Gasteiger partial charge < -0.3 is 9.64 Å². The van der Waals surface area contributed by atoms with Crippen LogP contribution in [0.15, 0.2) is 42.6 Å². The molecule has 1 fully saturated rings. The molecule has 0 saturated carbocycles. The number of aryl methyl sites for hydroxylation is 1. The lowest BCUT2D eigenvalue weighted by molar-refractivity contribution is -0.135. The number of benzene rings is 1. The number of hydrogen-bond acceptors (Lipinski definition) is 4. The normalized spacial score (nSPS) is 16.0. The molecule has 150 valence electrons. The number of aromatic nitrogens is 1. The van der Waals surface area contributed by atoms with Crippen molar-refractivity contribution in [3.63, 3.8) is 0 Å². The van der Waals surface area contributed by atoms with E-state index in [2.05, 4.69) is 42.8 Å². The fraction of sp³-hybridized carbons (Fsp3) is 0.478. The van der Waals surface area contributed by atoms with Gasteiger partial charge >= 0.3 is 0 Å². The Balaban J connectivity index is 1.49. The van der Waals surface area contributed by atoms with Gasteiger partial charge in [-0.15, -0.1) is 0 Å². The molecule has 1 aliphatic heterocycles. The molecule has 1 aromatic carbocycles. The van der Waals surface area contributed by atoms with E-state index >= 15 is 0 Å².